The third kappa shape index (κ3) is 23.3. The van der Waals surface area contributed by atoms with E-state index in [1.807, 2.05) is 55.2 Å². The first kappa shape index (κ1) is 52.2. The van der Waals surface area contributed by atoms with Crippen LogP contribution in [0.5, 0.6) is 0 Å². The first-order valence-electron chi connectivity index (χ1n) is 19.5. The number of hydrogen-bond acceptors (Lipinski definition) is 11. The minimum absolute atomic E-state index is 0. The summed E-state index contributed by atoms with van der Waals surface area (Å²) in [5.74, 6) is 2.57. The van der Waals surface area contributed by atoms with Crippen molar-refractivity contribution in [2.24, 2.45) is 0 Å². The summed E-state index contributed by atoms with van der Waals surface area (Å²) in [5.41, 5.74) is 0. The standard InChI is InChI=1S/C7H10N2.C7H11N.C6H10N2.C6H9NO.3C5H9N3.CH4/c1-6(2)7-8-4-3-5-9-7;1-7(2)8-5-3-4-6-8;1-6(2)8-5-3-4-7-8;1-5(2)6-7-3-4-8-6;2*1-5(2)8-4-6-3-7-8;1-5(2)8-4-3-6-7-8;/h3-6H,1-2H3;3-7H,1-2H3;3-6H,1-2H3;4*3-5H,1-2H3;1H4. The zero-order valence-corrected chi connectivity index (χ0v) is 36.6. The van der Waals surface area contributed by atoms with Gasteiger partial charge < -0.3 is 8.98 Å². The summed E-state index contributed by atoms with van der Waals surface area (Å²) in [4.78, 5) is 19.7. The van der Waals surface area contributed by atoms with Gasteiger partial charge in [0.25, 0.3) is 0 Å². The number of aromatic nitrogens is 15. The molecule has 7 aromatic rings. The lowest BCUT2D eigenvalue weighted by Gasteiger charge is -2.03. The summed E-state index contributed by atoms with van der Waals surface area (Å²) in [5, 5.41) is 19.3. The van der Waals surface area contributed by atoms with Gasteiger partial charge in [-0.3, -0.25) is 18.7 Å². The molecular weight excluding hydrogens is 731 g/mol. The summed E-state index contributed by atoms with van der Waals surface area (Å²) in [6, 6.07) is 10.2. The van der Waals surface area contributed by atoms with Gasteiger partial charge in [-0.1, -0.05) is 40.3 Å². The van der Waals surface area contributed by atoms with Crippen LogP contribution in [0, 0.1) is 0 Å². The number of rotatable bonds is 7. The Labute approximate surface area is 347 Å². The van der Waals surface area contributed by atoms with E-state index in [1.165, 1.54) is 0 Å². The van der Waals surface area contributed by atoms with Crippen molar-refractivity contribution in [1.82, 2.24) is 73.8 Å². The first-order chi connectivity index (χ1) is 27.1. The van der Waals surface area contributed by atoms with Crippen LogP contribution in [-0.4, -0.2) is 73.8 Å². The Kier molecular flexibility index (Phi) is 27.3. The zero-order chi connectivity index (χ0) is 42.6. The van der Waals surface area contributed by atoms with Gasteiger partial charge in [-0.15, -0.1) is 5.10 Å². The Balaban J connectivity index is 0.000000652. The second-order valence-corrected chi connectivity index (χ2v) is 14.5. The van der Waals surface area contributed by atoms with Gasteiger partial charge in [0.05, 0.1) is 12.4 Å². The van der Waals surface area contributed by atoms with Crippen LogP contribution in [0.1, 0.15) is 158 Å². The van der Waals surface area contributed by atoms with Crippen LogP contribution >= 0.6 is 0 Å². The van der Waals surface area contributed by atoms with E-state index in [1.54, 1.807) is 76.6 Å². The number of hydrogen-bond donors (Lipinski definition) is 0. The number of oxazole rings is 1. The monoisotopic (exact) mass is 802 g/mol. The molecule has 0 aliphatic rings. The van der Waals surface area contributed by atoms with Crippen LogP contribution in [0.25, 0.3) is 0 Å². The van der Waals surface area contributed by atoms with Gasteiger partial charge in [0.1, 0.15) is 37.4 Å². The molecule has 0 unspecified atom stereocenters. The summed E-state index contributed by atoms with van der Waals surface area (Å²) >= 11 is 0. The van der Waals surface area contributed by atoms with Gasteiger partial charge in [-0.25, -0.2) is 24.9 Å². The van der Waals surface area contributed by atoms with Crippen molar-refractivity contribution in [3.05, 3.63) is 123 Å². The highest BCUT2D eigenvalue weighted by Gasteiger charge is 2.00. The Bertz CT molecular complexity index is 1500. The molecule has 0 bridgehead atoms. The van der Waals surface area contributed by atoms with Crippen LogP contribution in [0.3, 0.4) is 0 Å². The number of nitrogens with zero attached hydrogens (tertiary/aromatic N) is 15. The second kappa shape index (κ2) is 30.4. The minimum Gasteiger partial charge on any atom is -0.449 e. The van der Waals surface area contributed by atoms with Crippen molar-refractivity contribution >= 4 is 0 Å². The Morgan fingerprint density at radius 1 is 0.466 bits per heavy atom. The fourth-order valence-corrected chi connectivity index (χ4v) is 3.87. The van der Waals surface area contributed by atoms with Gasteiger partial charge in [0.2, 0.25) is 0 Å². The summed E-state index contributed by atoms with van der Waals surface area (Å²) in [6.45, 7) is 29.2. The molecule has 0 aliphatic heterocycles. The molecule has 16 nitrogen and oxygen atoms in total. The predicted molar refractivity (Wildman–Crippen MR) is 232 cm³/mol. The van der Waals surface area contributed by atoms with Crippen molar-refractivity contribution in [3.8, 4) is 0 Å². The highest BCUT2D eigenvalue weighted by molar-refractivity contribution is 4.93. The maximum absolute atomic E-state index is 4.98. The van der Waals surface area contributed by atoms with Gasteiger partial charge in [-0.2, -0.15) is 15.3 Å². The van der Waals surface area contributed by atoms with Crippen molar-refractivity contribution in [2.45, 2.75) is 146 Å². The van der Waals surface area contributed by atoms with E-state index in [-0.39, 0.29) is 7.43 Å². The maximum Gasteiger partial charge on any atom is 0.196 e. The molecule has 7 aromatic heterocycles. The SMILES string of the molecule is C.CC(C)c1ncccn1.CC(C)c1ncco1.CC(C)n1cccc1.CC(C)n1cccn1.CC(C)n1ccnn1.CC(C)n1cncn1.CC(C)n1cncn1. The normalized spacial score (nSPS) is 10.2. The Morgan fingerprint density at radius 2 is 1.00 bits per heavy atom. The van der Waals surface area contributed by atoms with Crippen LogP contribution in [0.2, 0.25) is 0 Å². The Hall–Kier alpha value is -5.80. The van der Waals surface area contributed by atoms with Crippen molar-refractivity contribution in [3.63, 3.8) is 0 Å². The molecule has 0 aliphatic carbocycles. The van der Waals surface area contributed by atoms with E-state index in [0.717, 1.165) is 11.7 Å². The predicted octanol–water partition coefficient (Wildman–Crippen LogP) is 10.1. The molecule has 0 fully saturated rings. The molecule has 0 radical (unpaired) electrons. The quantitative estimate of drug-likeness (QED) is 0.150. The van der Waals surface area contributed by atoms with Gasteiger partial charge >= 0.3 is 0 Å². The summed E-state index contributed by atoms with van der Waals surface area (Å²) < 4.78 is 14.5. The Morgan fingerprint density at radius 3 is 1.22 bits per heavy atom. The van der Waals surface area contributed by atoms with Crippen molar-refractivity contribution in [1.29, 1.82) is 0 Å². The average molecular weight is 802 g/mol. The van der Waals surface area contributed by atoms with Crippen LogP contribution in [0.4, 0.5) is 0 Å². The van der Waals surface area contributed by atoms with E-state index in [2.05, 4.69) is 151 Å². The summed E-state index contributed by atoms with van der Waals surface area (Å²) in [6.07, 6.45) is 24.7. The van der Waals surface area contributed by atoms with Crippen LogP contribution in [-0.2, 0) is 0 Å². The summed E-state index contributed by atoms with van der Waals surface area (Å²) in [7, 11) is 0. The molecule has 16 heteroatoms. The second-order valence-electron chi connectivity index (χ2n) is 14.5. The molecule has 0 aromatic carbocycles. The minimum atomic E-state index is 0. The fourth-order valence-electron chi connectivity index (χ4n) is 3.87. The fraction of sp³-hybridized carbons (Fsp3) is 0.524. The lowest BCUT2D eigenvalue weighted by molar-refractivity contribution is 0.471. The zero-order valence-electron chi connectivity index (χ0n) is 36.6. The van der Waals surface area contributed by atoms with Crippen LogP contribution in [0.15, 0.2) is 116 Å². The largest absolute Gasteiger partial charge is 0.449 e. The topological polar surface area (TPSA) is 167 Å². The van der Waals surface area contributed by atoms with E-state index in [0.29, 0.717) is 42.0 Å². The highest BCUT2D eigenvalue weighted by Crippen LogP contribution is 2.09. The molecule has 0 amide bonds. The van der Waals surface area contributed by atoms with E-state index in [9.17, 15) is 0 Å². The lowest BCUT2D eigenvalue weighted by atomic mass is 10.2. The molecule has 58 heavy (non-hydrogen) atoms. The first-order valence-corrected chi connectivity index (χ1v) is 19.5. The molecule has 0 saturated carbocycles. The third-order valence-corrected chi connectivity index (χ3v) is 7.23. The maximum atomic E-state index is 4.98. The van der Waals surface area contributed by atoms with E-state index in [4.69, 9.17) is 4.42 Å². The van der Waals surface area contributed by atoms with Crippen LogP contribution < -0.4 is 0 Å². The van der Waals surface area contributed by atoms with E-state index >= 15 is 0 Å². The molecule has 0 N–H and O–H groups in total. The smallest absolute Gasteiger partial charge is 0.196 e. The molecule has 0 spiro atoms. The van der Waals surface area contributed by atoms with Crippen molar-refractivity contribution in [2.75, 3.05) is 0 Å². The van der Waals surface area contributed by atoms with Gasteiger partial charge in [-0.05, 0) is 93.5 Å². The third-order valence-electron chi connectivity index (χ3n) is 7.23. The molecule has 7 rings (SSSR count). The van der Waals surface area contributed by atoms with Gasteiger partial charge in [0.15, 0.2) is 5.89 Å². The highest BCUT2D eigenvalue weighted by atomic mass is 16.3. The van der Waals surface area contributed by atoms with Crippen molar-refractivity contribution < 1.29 is 4.42 Å². The molecule has 7 heterocycles. The molecule has 320 valence electrons. The molecule has 0 saturated heterocycles. The van der Waals surface area contributed by atoms with Gasteiger partial charge in [0, 0.05) is 85.4 Å². The average Bonchev–Trinajstić information content (AvgIpc) is 4.06. The molecular formula is C42H71N15O. The lowest BCUT2D eigenvalue weighted by Crippen LogP contribution is -2.00. The van der Waals surface area contributed by atoms with E-state index < -0.39 is 0 Å². The molecule has 0 atom stereocenters.